The maximum Gasteiger partial charge on any atom is 0.308 e. The highest BCUT2D eigenvalue weighted by Gasteiger charge is 2.15. The van der Waals surface area contributed by atoms with Crippen LogP contribution in [0.5, 0.6) is 5.75 Å². The Morgan fingerprint density at radius 1 is 1.17 bits per heavy atom. The van der Waals surface area contributed by atoms with E-state index in [1.54, 1.807) is 6.20 Å². The van der Waals surface area contributed by atoms with Gasteiger partial charge in [-0.2, -0.15) is 5.10 Å². The molecule has 0 saturated heterocycles. The van der Waals surface area contributed by atoms with Crippen LogP contribution in [0, 0.1) is 0 Å². The number of ether oxygens (including phenoxy) is 1. The molecule has 0 spiro atoms. The summed E-state index contributed by atoms with van der Waals surface area (Å²) in [5, 5.41) is 4.41. The fraction of sp³-hybridized carbons (Fsp3) is 0.158. The van der Waals surface area contributed by atoms with Gasteiger partial charge in [-0.1, -0.05) is 24.3 Å². The van der Waals surface area contributed by atoms with E-state index in [-0.39, 0.29) is 5.97 Å². The van der Waals surface area contributed by atoms with E-state index in [1.807, 2.05) is 59.3 Å². The molecule has 24 heavy (non-hydrogen) atoms. The van der Waals surface area contributed by atoms with Gasteiger partial charge in [0, 0.05) is 12.5 Å². The zero-order valence-electron chi connectivity index (χ0n) is 13.5. The number of hydrogen-bond acceptors (Lipinski definition) is 4. The second-order valence-electron chi connectivity index (χ2n) is 5.43. The second kappa shape index (κ2) is 7.10. The van der Waals surface area contributed by atoms with Crippen molar-refractivity contribution in [2.24, 2.45) is 5.73 Å². The molecule has 2 N–H and O–H groups in total. The topological polar surface area (TPSA) is 70.1 Å². The summed E-state index contributed by atoms with van der Waals surface area (Å²) in [6, 6.07) is 17.5. The minimum Gasteiger partial charge on any atom is -0.426 e. The fourth-order valence-electron chi connectivity index (χ4n) is 2.63. The molecular formula is C19H19N3O2. The molecule has 1 aromatic heterocycles. The minimum absolute atomic E-state index is 0.353. The van der Waals surface area contributed by atoms with Crippen molar-refractivity contribution in [2.75, 3.05) is 6.54 Å². The third-order valence-corrected chi connectivity index (χ3v) is 3.65. The number of carbonyl (C=O) groups is 1. The minimum atomic E-state index is -0.353. The van der Waals surface area contributed by atoms with E-state index < -0.39 is 0 Å². The molecule has 5 nitrogen and oxygen atoms in total. The third kappa shape index (κ3) is 3.36. The molecule has 0 unspecified atom stereocenters. The van der Waals surface area contributed by atoms with Gasteiger partial charge in [-0.05, 0) is 48.9 Å². The van der Waals surface area contributed by atoms with Crippen LogP contribution < -0.4 is 10.5 Å². The number of benzene rings is 2. The van der Waals surface area contributed by atoms with Crippen LogP contribution in [0.2, 0.25) is 0 Å². The van der Waals surface area contributed by atoms with Gasteiger partial charge in [0.2, 0.25) is 0 Å². The lowest BCUT2D eigenvalue weighted by atomic mass is 10.0. The summed E-state index contributed by atoms with van der Waals surface area (Å²) < 4.78 is 7.21. The lowest BCUT2D eigenvalue weighted by Gasteiger charge is -2.13. The number of aromatic nitrogens is 2. The van der Waals surface area contributed by atoms with Crippen molar-refractivity contribution < 1.29 is 9.53 Å². The van der Waals surface area contributed by atoms with Crippen LogP contribution in [0.15, 0.2) is 60.8 Å². The number of nitrogens with two attached hydrogens (primary N) is 1. The van der Waals surface area contributed by atoms with Gasteiger partial charge in [0.25, 0.3) is 0 Å². The van der Waals surface area contributed by atoms with Crippen molar-refractivity contribution in [1.82, 2.24) is 9.78 Å². The van der Waals surface area contributed by atoms with Gasteiger partial charge in [0.15, 0.2) is 0 Å². The van der Waals surface area contributed by atoms with Crippen LogP contribution in [-0.2, 0) is 11.2 Å². The summed E-state index contributed by atoms with van der Waals surface area (Å²) >= 11 is 0. The first-order valence-corrected chi connectivity index (χ1v) is 7.80. The number of carbonyl (C=O) groups excluding carboxylic acids is 1. The highest BCUT2D eigenvalue weighted by Crippen LogP contribution is 2.32. The van der Waals surface area contributed by atoms with Crippen molar-refractivity contribution >= 4 is 5.97 Å². The molecule has 5 heteroatoms. The molecule has 0 bridgehead atoms. The van der Waals surface area contributed by atoms with Crippen molar-refractivity contribution in [3.05, 3.63) is 66.4 Å². The Bertz CT molecular complexity index is 841. The maximum atomic E-state index is 11.4. The lowest BCUT2D eigenvalue weighted by molar-refractivity contribution is -0.131. The first-order chi connectivity index (χ1) is 11.7. The Balaban J connectivity index is 2.13. The number of hydrogen-bond donors (Lipinski definition) is 1. The van der Waals surface area contributed by atoms with Crippen LogP contribution in [0.25, 0.3) is 16.9 Å². The van der Waals surface area contributed by atoms with E-state index in [9.17, 15) is 4.79 Å². The second-order valence-corrected chi connectivity index (χ2v) is 5.43. The number of rotatable bonds is 5. The number of nitrogens with zero attached hydrogens (tertiary/aromatic N) is 2. The maximum absolute atomic E-state index is 11.4. The summed E-state index contributed by atoms with van der Waals surface area (Å²) in [6.45, 7) is 1.95. The molecule has 122 valence electrons. The van der Waals surface area contributed by atoms with Gasteiger partial charge in [0.1, 0.15) is 5.75 Å². The molecule has 0 saturated carbocycles. The van der Waals surface area contributed by atoms with Gasteiger partial charge in [0.05, 0.1) is 17.6 Å². The van der Waals surface area contributed by atoms with E-state index >= 15 is 0 Å². The highest BCUT2D eigenvalue weighted by atomic mass is 16.5. The Morgan fingerprint density at radius 2 is 1.96 bits per heavy atom. The van der Waals surface area contributed by atoms with Gasteiger partial charge in [-0.15, -0.1) is 0 Å². The van der Waals surface area contributed by atoms with Gasteiger partial charge < -0.3 is 10.5 Å². The van der Waals surface area contributed by atoms with Crippen LogP contribution in [-0.4, -0.2) is 22.3 Å². The smallest absolute Gasteiger partial charge is 0.308 e. The molecule has 0 atom stereocenters. The van der Waals surface area contributed by atoms with E-state index in [0.29, 0.717) is 12.3 Å². The Hall–Kier alpha value is -2.92. The average molecular weight is 321 g/mol. The van der Waals surface area contributed by atoms with Crippen LogP contribution in [0.4, 0.5) is 0 Å². The van der Waals surface area contributed by atoms with Crippen molar-refractivity contribution in [3.63, 3.8) is 0 Å². The first kappa shape index (κ1) is 16.0. The number of esters is 1. The van der Waals surface area contributed by atoms with E-state index in [0.717, 1.165) is 28.9 Å². The van der Waals surface area contributed by atoms with Crippen LogP contribution >= 0.6 is 0 Å². The molecular weight excluding hydrogens is 302 g/mol. The summed E-state index contributed by atoms with van der Waals surface area (Å²) in [5.74, 6) is 0.162. The quantitative estimate of drug-likeness (QED) is 0.579. The predicted octanol–water partition coefficient (Wildman–Crippen LogP) is 2.97. The molecule has 0 aliphatic carbocycles. The third-order valence-electron chi connectivity index (χ3n) is 3.65. The molecule has 3 aromatic rings. The summed E-state index contributed by atoms with van der Waals surface area (Å²) in [6.07, 6.45) is 2.49. The lowest BCUT2D eigenvalue weighted by Crippen LogP contribution is -2.07. The largest absolute Gasteiger partial charge is 0.426 e. The SMILES string of the molecule is CC(=O)Oc1ccc(CCN)cc1-c1ccnn1-c1ccccc1. The molecule has 0 radical (unpaired) electrons. The molecule has 0 aliphatic heterocycles. The molecule has 2 aromatic carbocycles. The van der Waals surface area contributed by atoms with Gasteiger partial charge >= 0.3 is 5.97 Å². The Morgan fingerprint density at radius 3 is 2.67 bits per heavy atom. The van der Waals surface area contributed by atoms with E-state index in [1.165, 1.54) is 6.92 Å². The van der Waals surface area contributed by atoms with Gasteiger partial charge in [-0.25, -0.2) is 4.68 Å². The molecule has 0 amide bonds. The molecule has 0 aliphatic rings. The van der Waals surface area contributed by atoms with E-state index in [2.05, 4.69) is 5.10 Å². The Labute approximate surface area is 140 Å². The van der Waals surface area contributed by atoms with Crippen molar-refractivity contribution in [1.29, 1.82) is 0 Å². The van der Waals surface area contributed by atoms with Crippen molar-refractivity contribution in [3.8, 4) is 22.7 Å². The summed E-state index contributed by atoms with van der Waals surface area (Å²) in [7, 11) is 0. The van der Waals surface area contributed by atoms with Crippen LogP contribution in [0.1, 0.15) is 12.5 Å². The number of para-hydroxylation sites is 1. The monoisotopic (exact) mass is 321 g/mol. The normalized spacial score (nSPS) is 10.6. The van der Waals surface area contributed by atoms with Crippen molar-refractivity contribution in [2.45, 2.75) is 13.3 Å². The zero-order chi connectivity index (χ0) is 16.9. The summed E-state index contributed by atoms with van der Waals surface area (Å²) in [4.78, 5) is 11.4. The first-order valence-electron chi connectivity index (χ1n) is 7.80. The van der Waals surface area contributed by atoms with E-state index in [4.69, 9.17) is 10.5 Å². The van der Waals surface area contributed by atoms with Crippen LogP contribution in [0.3, 0.4) is 0 Å². The molecule has 3 rings (SSSR count). The van der Waals surface area contributed by atoms with Gasteiger partial charge in [-0.3, -0.25) is 4.79 Å². The standard InChI is InChI=1S/C19H19N3O2/c1-14(23)24-19-8-7-15(9-11-20)13-17(19)18-10-12-21-22(18)16-5-3-2-4-6-16/h2-8,10,12-13H,9,11,20H2,1H3. The average Bonchev–Trinajstić information content (AvgIpc) is 3.06. The Kier molecular flexibility index (Phi) is 4.72. The highest BCUT2D eigenvalue weighted by molar-refractivity contribution is 5.76. The zero-order valence-corrected chi connectivity index (χ0v) is 13.5. The predicted molar refractivity (Wildman–Crippen MR) is 93.1 cm³/mol. The molecule has 1 heterocycles. The fourth-order valence-corrected chi connectivity index (χ4v) is 2.63. The summed E-state index contributed by atoms with van der Waals surface area (Å²) in [5.41, 5.74) is 9.37. The molecule has 0 fully saturated rings.